The zero-order chi connectivity index (χ0) is 21.6. The summed E-state index contributed by atoms with van der Waals surface area (Å²) in [5.41, 5.74) is 0.256. The van der Waals surface area contributed by atoms with Crippen LogP contribution in [0.4, 0.5) is 13.2 Å². The van der Waals surface area contributed by atoms with E-state index in [0.29, 0.717) is 22.4 Å². The van der Waals surface area contributed by atoms with Crippen LogP contribution in [0.1, 0.15) is 53.1 Å². The van der Waals surface area contributed by atoms with Crippen molar-refractivity contribution < 1.29 is 18.0 Å². The molecule has 0 aliphatic carbocycles. The summed E-state index contributed by atoms with van der Waals surface area (Å²) in [6, 6.07) is 2.75. The summed E-state index contributed by atoms with van der Waals surface area (Å²) in [6.07, 6.45) is -0.853. The number of carbonyl (C=O) groups is 1. The highest BCUT2D eigenvalue weighted by molar-refractivity contribution is 14.1. The van der Waals surface area contributed by atoms with Crippen molar-refractivity contribution in [1.29, 1.82) is 0 Å². The van der Waals surface area contributed by atoms with Gasteiger partial charge in [-0.15, -0.1) is 0 Å². The van der Waals surface area contributed by atoms with Gasteiger partial charge in [-0.1, -0.05) is 6.92 Å². The van der Waals surface area contributed by atoms with E-state index < -0.39 is 18.1 Å². The van der Waals surface area contributed by atoms with Crippen molar-refractivity contribution in [3.63, 3.8) is 0 Å². The molecule has 0 spiro atoms. The number of alkyl halides is 2. The number of aromatic nitrogens is 5. The van der Waals surface area contributed by atoms with Crippen LogP contribution in [0, 0.1) is 22.4 Å². The standard InChI is InChI=1S/C19H18F3IN6O/c1-9-3-4-28(18(30)11-5-15(23)26-10(2)16(11)20)7-12(9)14-6-13(17(21)22)27-19-24-8-25-29(14)19/h5-6,8-9,12,17H,3-4,7H2,1-2H3/t9-,12-/m1/s1. The molecule has 30 heavy (non-hydrogen) atoms. The van der Waals surface area contributed by atoms with Gasteiger partial charge in [-0.05, 0) is 54.0 Å². The minimum atomic E-state index is -2.75. The molecule has 0 N–H and O–H groups in total. The SMILES string of the molecule is Cc1nc(I)cc(C(=O)N2CC[C@@H](C)[C@H](c3cc(C(F)F)nc4ncnn34)C2)c1F. The second-order valence-corrected chi connectivity index (χ2v) is 8.50. The minimum absolute atomic E-state index is 0.0332. The number of aryl methyl sites for hydroxylation is 1. The van der Waals surface area contributed by atoms with Crippen molar-refractivity contribution in [1.82, 2.24) is 29.5 Å². The molecule has 158 valence electrons. The Kier molecular flexibility index (Phi) is 5.64. The molecule has 11 heteroatoms. The van der Waals surface area contributed by atoms with Gasteiger partial charge in [-0.2, -0.15) is 10.1 Å². The molecule has 3 aromatic rings. The van der Waals surface area contributed by atoms with Crippen LogP contribution in [0.5, 0.6) is 0 Å². The first-order chi connectivity index (χ1) is 14.3. The van der Waals surface area contributed by atoms with Crippen LogP contribution in [0.2, 0.25) is 0 Å². The Morgan fingerprint density at radius 3 is 2.80 bits per heavy atom. The average Bonchev–Trinajstić information content (AvgIpc) is 3.18. The van der Waals surface area contributed by atoms with Gasteiger partial charge in [-0.3, -0.25) is 4.79 Å². The third kappa shape index (κ3) is 3.74. The number of rotatable bonds is 3. The lowest BCUT2D eigenvalue weighted by Crippen LogP contribution is -2.43. The van der Waals surface area contributed by atoms with Crippen LogP contribution in [0.15, 0.2) is 18.5 Å². The average molecular weight is 530 g/mol. The second-order valence-electron chi connectivity index (χ2n) is 7.39. The summed E-state index contributed by atoms with van der Waals surface area (Å²) in [5, 5.41) is 4.12. The van der Waals surface area contributed by atoms with Crippen LogP contribution in [0.25, 0.3) is 5.78 Å². The van der Waals surface area contributed by atoms with Gasteiger partial charge < -0.3 is 4.90 Å². The van der Waals surface area contributed by atoms with Crippen LogP contribution >= 0.6 is 22.6 Å². The lowest BCUT2D eigenvalue weighted by molar-refractivity contribution is 0.0660. The van der Waals surface area contributed by atoms with Crippen molar-refractivity contribution in [2.45, 2.75) is 32.6 Å². The quantitative estimate of drug-likeness (QED) is 0.381. The molecular formula is C19H18F3IN6O. The first-order valence-electron chi connectivity index (χ1n) is 9.37. The number of fused-ring (bicyclic) bond motifs is 1. The maximum absolute atomic E-state index is 14.6. The van der Waals surface area contributed by atoms with Crippen molar-refractivity contribution in [3.05, 3.63) is 50.6 Å². The van der Waals surface area contributed by atoms with Gasteiger partial charge in [-0.25, -0.2) is 27.7 Å². The Morgan fingerprint density at radius 2 is 2.07 bits per heavy atom. The summed E-state index contributed by atoms with van der Waals surface area (Å²) in [4.78, 5) is 26.5. The summed E-state index contributed by atoms with van der Waals surface area (Å²) in [6.45, 7) is 4.21. The van der Waals surface area contributed by atoms with Gasteiger partial charge in [0.1, 0.15) is 15.7 Å². The maximum Gasteiger partial charge on any atom is 0.280 e. The molecule has 1 aliphatic heterocycles. The number of hydrogen-bond acceptors (Lipinski definition) is 5. The highest BCUT2D eigenvalue weighted by atomic mass is 127. The van der Waals surface area contributed by atoms with Crippen LogP contribution < -0.4 is 0 Å². The third-order valence-electron chi connectivity index (χ3n) is 5.47. The molecule has 1 saturated heterocycles. The lowest BCUT2D eigenvalue weighted by Gasteiger charge is -2.37. The monoisotopic (exact) mass is 530 g/mol. The van der Waals surface area contributed by atoms with Gasteiger partial charge in [0.05, 0.1) is 17.0 Å². The molecule has 2 atom stereocenters. The summed E-state index contributed by atoms with van der Waals surface area (Å²) in [5.74, 6) is -1.18. The van der Waals surface area contributed by atoms with Gasteiger partial charge >= 0.3 is 0 Å². The predicted octanol–water partition coefficient (Wildman–Crippen LogP) is 3.77. The van der Waals surface area contributed by atoms with Gasteiger partial charge in [0.15, 0.2) is 5.82 Å². The first-order valence-corrected chi connectivity index (χ1v) is 10.4. The molecule has 1 amide bonds. The number of hydrogen-bond donors (Lipinski definition) is 0. The van der Waals surface area contributed by atoms with Crippen LogP contribution in [-0.2, 0) is 0 Å². The minimum Gasteiger partial charge on any atom is -0.338 e. The first kappa shape index (κ1) is 20.9. The van der Waals surface area contributed by atoms with E-state index in [1.807, 2.05) is 29.5 Å². The molecule has 0 radical (unpaired) electrons. The van der Waals surface area contributed by atoms with E-state index in [-0.39, 0.29) is 41.1 Å². The third-order valence-corrected chi connectivity index (χ3v) is 6.02. The number of pyridine rings is 1. The van der Waals surface area contributed by atoms with Gasteiger partial charge in [0, 0.05) is 19.0 Å². The molecule has 3 aromatic heterocycles. The Balaban J connectivity index is 1.71. The number of carbonyl (C=O) groups excluding carboxylic acids is 1. The van der Waals surface area contributed by atoms with E-state index >= 15 is 0 Å². The molecule has 1 fully saturated rings. The zero-order valence-corrected chi connectivity index (χ0v) is 18.3. The van der Waals surface area contributed by atoms with Crippen molar-refractivity contribution in [2.75, 3.05) is 13.1 Å². The topological polar surface area (TPSA) is 76.3 Å². The maximum atomic E-state index is 14.6. The van der Waals surface area contributed by atoms with E-state index in [4.69, 9.17) is 0 Å². The fourth-order valence-electron chi connectivity index (χ4n) is 3.81. The molecule has 1 aliphatic rings. The molecule has 7 nitrogen and oxygen atoms in total. The Morgan fingerprint density at radius 1 is 1.30 bits per heavy atom. The fraction of sp³-hybridized carbons (Fsp3) is 0.421. The van der Waals surface area contributed by atoms with E-state index in [1.165, 1.54) is 29.9 Å². The predicted molar refractivity (Wildman–Crippen MR) is 110 cm³/mol. The molecule has 0 unspecified atom stereocenters. The van der Waals surface area contributed by atoms with Crippen molar-refractivity contribution >= 4 is 34.3 Å². The second kappa shape index (κ2) is 8.08. The van der Waals surface area contributed by atoms with E-state index in [9.17, 15) is 18.0 Å². The zero-order valence-electron chi connectivity index (χ0n) is 16.2. The van der Waals surface area contributed by atoms with E-state index in [1.54, 1.807) is 4.90 Å². The summed E-state index contributed by atoms with van der Waals surface area (Å²) < 4.78 is 43.2. The molecule has 4 heterocycles. The highest BCUT2D eigenvalue weighted by Crippen LogP contribution is 2.34. The van der Waals surface area contributed by atoms with Crippen LogP contribution in [-0.4, -0.2) is 48.5 Å². The van der Waals surface area contributed by atoms with Gasteiger partial charge in [0.2, 0.25) is 0 Å². The van der Waals surface area contributed by atoms with E-state index in [2.05, 4.69) is 20.1 Å². The van der Waals surface area contributed by atoms with Crippen molar-refractivity contribution in [2.24, 2.45) is 5.92 Å². The van der Waals surface area contributed by atoms with Crippen LogP contribution in [0.3, 0.4) is 0 Å². The summed E-state index contributed by atoms with van der Waals surface area (Å²) in [7, 11) is 0. The normalized spacial score (nSPS) is 19.6. The van der Waals surface area contributed by atoms with E-state index in [0.717, 1.165) is 0 Å². The largest absolute Gasteiger partial charge is 0.338 e. The van der Waals surface area contributed by atoms with Crippen molar-refractivity contribution in [3.8, 4) is 0 Å². The highest BCUT2D eigenvalue weighted by Gasteiger charge is 2.34. The number of halogens is 4. The lowest BCUT2D eigenvalue weighted by atomic mass is 9.84. The number of amides is 1. The Labute approximate surface area is 183 Å². The molecule has 0 aromatic carbocycles. The molecule has 0 bridgehead atoms. The fourth-order valence-corrected chi connectivity index (χ4v) is 4.49. The molecular weight excluding hydrogens is 512 g/mol. The number of likely N-dealkylation sites (tertiary alicyclic amines) is 1. The Hall–Kier alpha value is -2.31. The number of nitrogens with zero attached hydrogens (tertiary/aromatic N) is 6. The number of piperidine rings is 1. The molecule has 4 rings (SSSR count). The molecule has 0 saturated carbocycles. The van der Waals surface area contributed by atoms with Gasteiger partial charge in [0.25, 0.3) is 18.1 Å². The Bertz CT molecular complexity index is 1120. The smallest absolute Gasteiger partial charge is 0.280 e. The summed E-state index contributed by atoms with van der Waals surface area (Å²) >= 11 is 1.94.